The highest BCUT2D eigenvalue weighted by atomic mass is 16.6. The van der Waals surface area contributed by atoms with Crippen LogP contribution in [0.4, 0.5) is 0 Å². The van der Waals surface area contributed by atoms with Gasteiger partial charge in [0.05, 0.1) is 12.0 Å². The zero-order chi connectivity index (χ0) is 22.1. The molecule has 2 heterocycles. The average Bonchev–Trinajstić information content (AvgIpc) is 3.17. The molecule has 0 amide bonds. The summed E-state index contributed by atoms with van der Waals surface area (Å²) in [5.41, 5.74) is 2.05. The summed E-state index contributed by atoms with van der Waals surface area (Å²) in [6.45, 7) is 7.64. The molecule has 2 aromatic heterocycles. The molecular weight excluding hydrogens is 396 g/mol. The van der Waals surface area contributed by atoms with Crippen molar-refractivity contribution in [3.63, 3.8) is 0 Å². The number of ether oxygens (including phenoxy) is 2. The van der Waals surface area contributed by atoms with Gasteiger partial charge in [0.25, 0.3) is 0 Å². The summed E-state index contributed by atoms with van der Waals surface area (Å²) in [6, 6.07) is 12.8. The monoisotopic (exact) mass is 420 g/mol. The normalized spacial score (nSPS) is 12.4. The SMILES string of the molecule is CCOC(=O)C(C)Oc1cc2occ(-c3cc4ccccc4o3)c(=O)c2cc1C(C)C. The number of rotatable bonds is 6. The van der Waals surface area contributed by atoms with Crippen molar-refractivity contribution in [3.05, 3.63) is 64.5 Å². The third-order valence-electron chi connectivity index (χ3n) is 5.14. The minimum absolute atomic E-state index is 0.0584. The first-order valence-electron chi connectivity index (χ1n) is 10.3. The van der Waals surface area contributed by atoms with Crippen LogP contribution in [0.2, 0.25) is 0 Å². The Labute approximate surface area is 179 Å². The van der Waals surface area contributed by atoms with Gasteiger partial charge in [0, 0.05) is 11.5 Å². The van der Waals surface area contributed by atoms with Crippen LogP contribution in [-0.4, -0.2) is 18.7 Å². The molecule has 0 aliphatic carbocycles. The highest BCUT2D eigenvalue weighted by molar-refractivity contribution is 5.87. The molecule has 0 aliphatic rings. The number of esters is 1. The van der Waals surface area contributed by atoms with E-state index in [1.165, 1.54) is 6.26 Å². The van der Waals surface area contributed by atoms with E-state index >= 15 is 0 Å². The van der Waals surface area contributed by atoms with Crippen LogP contribution in [0, 0.1) is 0 Å². The molecule has 0 radical (unpaired) electrons. The number of benzene rings is 2. The number of carbonyl (C=O) groups excluding carboxylic acids is 1. The molecule has 6 nitrogen and oxygen atoms in total. The Bertz CT molecular complexity index is 1280. The predicted molar refractivity (Wildman–Crippen MR) is 119 cm³/mol. The summed E-state index contributed by atoms with van der Waals surface area (Å²) in [6.07, 6.45) is 0.618. The summed E-state index contributed by atoms with van der Waals surface area (Å²) >= 11 is 0. The van der Waals surface area contributed by atoms with E-state index in [0.29, 0.717) is 33.6 Å². The Balaban J connectivity index is 1.80. The van der Waals surface area contributed by atoms with Crippen molar-refractivity contribution in [2.24, 2.45) is 0 Å². The van der Waals surface area contributed by atoms with Crippen LogP contribution < -0.4 is 10.2 Å². The summed E-state index contributed by atoms with van der Waals surface area (Å²) in [5.74, 6) is 0.559. The number of fused-ring (bicyclic) bond motifs is 2. The van der Waals surface area contributed by atoms with Crippen molar-refractivity contribution in [3.8, 4) is 17.1 Å². The molecule has 0 N–H and O–H groups in total. The maximum atomic E-state index is 13.3. The number of hydrogen-bond donors (Lipinski definition) is 0. The van der Waals surface area contributed by atoms with Crippen LogP contribution in [0.3, 0.4) is 0 Å². The molecule has 1 atom stereocenters. The third-order valence-corrected chi connectivity index (χ3v) is 5.14. The Hall–Kier alpha value is -3.54. The molecule has 0 bridgehead atoms. The molecule has 0 saturated carbocycles. The summed E-state index contributed by atoms with van der Waals surface area (Å²) in [7, 11) is 0. The van der Waals surface area contributed by atoms with Gasteiger partial charge in [0.1, 0.15) is 34.5 Å². The van der Waals surface area contributed by atoms with Gasteiger partial charge < -0.3 is 18.3 Å². The minimum atomic E-state index is -0.781. The fraction of sp³-hybridized carbons (Fsp3) is 0.280. The van der Waals surface area contributed by atoms with Crippen LogP contribution in [0.5, 0.6) is 5.75 Å². The fourth-order valence-corrected chi connectivity index (χ4v) is 3.51. The van der Waals surface area contributed by atoms with Crippen molar-refractivity contribution >= 4 is 27.9 Å². The molecule has 1 unspecified atom stereocenters. The maximum Gasteiger partial charge on any atom is 0.347 e. The smallest absolute Gasteiger partial charge is 0.347 e. The molecule has 0 fully saturated rings. The topological polar surface area (TPSA) is 78.9 Å². The van der Waals surface area contributed by atoms with E-state index in [4.69, 9.17) is 18.3 Å². The number of para-hydroxylation sites is 1. The zero-order valence-corrected chi connectivity index (χ0v) is 17.9. The second-order valence-corrected chi connectivity index (χ2v) is 7.68. The summed E-state index contributed by atoms with van der Waals surface area (Å²) < 4.78 is 22.5. The van der Waals surface area contributed by atoms with E-state index in [1.54, 1.807) is 26.0 Å². The Kier molecular flexibility index (Phi) is 5.55. The highest BCUT2D eigenvalue weighted by Gasteiger charge is 2.21. The van der Waals surface area contributed by atoms with E-state index < -0.39 is 12.1 Å². The Morgan fingerprint density at radius 1 is 1.06 bits per heavy atom. The fourth-order valence-electron chi connectivity index (χ4n) is 3.51. The van der Waals surface area contributed by atoms with Gasteiger partial charge in [-0.3, -0.25) is 4.79 Å². The van der Waals surface area contributed by atoms with Gasteiger partial charge in [-0.25, -0.2) is 4.79 Å². The van der Waals surface area contributed by atoms with Crippen LogP contribution >= 0.6 is 0 Å². The van der Waals surface area contributed by atoms with E-state index in [1.807, 2.05) is 44.2 Å². The summed E-state index contributed by atoms with van der Waals surface area (Å²) in [4.78, 5) is 25.3. The van der Waals surface area contributed by atoms with E-state index in [0.717, 1.165) is 10.9 Å². The van der Waals surface area contributed by atoms with Gasteiger partial charge in [-0.2, -0.15) is 0 Å². The van der Waals surface area contributed by atoms with Gasteiger partial charge in [-0.15, -0.1) is 0 Å². The van der Waals surface area contributed by atoms with Crippen molar-refractivity contribution in [2.45, 2.75) is 39.7 Å². The Morgan fingerprint density at radius 3 is 2.55 bits per heavy atom. The lowest BCUT2D eigenvalue weighted by Crippen LogP contribution is -2.26. The maximum absolute atomic E-state index is 13.3. The molecule has 2 aromatic carbocycles. The molecular formula is C25H24O6. The first-order valence-corrected chi connectivity index (χ1v) is 10.3. The van der Waals surface area contributed by atoms with Gasteiger partial charge >= 0.3 is 5.97 Å². The van der Waals surface area contributed by atoms with Crippen LogP contribution in [0.1, 0.15) is 39.2 Å². The molecule has 0 spiro atoms. The molecule has 0 aliphatic heterocycles. The first-order chi connectivity index (χ1) is 14.9. The standard InChI is InChI=1S/C25H24O6/c1-5-28-25(27)15(4)30-23-12-21-18(11-17(23)14(2)3)24(26)19(13-29-21)22-10-16-8-6-7-9-20(16)31-22/h6-15H,5H2,1-4H3. The molecule has 0 saturated heterocycles. The average molecular weight is 420 g/mol. The van der Waals surface area contributed by atoms with Gasteiger partial charge in [-0.05, 0) is 43.5 Å². The molecule has 4 rings (SSSR count). The number of hydrogen-bond acceptors (Lipinski definition) is 6. The lowest BCUT2D eigenvalue weighted by atomic mass is 9.99. The van der Waals surface area contributed by atoms with Gasteiger partial charge in [0.2, 0.25) is 5.43 Å². The third kappa shape index (κ3) is 3.93. The zero-order valence-electron chi connectivity index (χ0n) is 17.9. The van der Waals surface area contributed by atoms with Crippen molar-refractivity contribution in [2.75, 3.05) is 6.61 Å². The number of carbonyl (C=O) groups is 1. The summed E-state index contributed by atoms with van der Waals surface area (Å²) in [5, 5.41) is 1.34. The Morgan fingerprint density at radius 2 is 1.84 bits per heavy atom. The first kappa shape index (κ1) is 20.7. The van der Waals surface area contributed by atoms with E-state index in [2.05, 4.69) is 0 Å². The molecule has 4 aromatic rings. The lowest BCUT2D eigenvalue weighted by Gasteiger charge is -2.18. The van der Waals surface area contributed by atoms with Crippen LogP contribution in [-0.2, 0) is 9.53 Å². The second-order valence-electron chi connectivity index (χ2n) is 7.68. The van der Waals surface area contributed by atoms with Crippen molar-refractivity contribution < 1.29 is 23.1 Å². The molecule has 160 valence electrons. The van der Waals surface area contributed by atoms with Gasteiger partial charge in [-0.1, -0.05) is 32.0 Å². The molecule has 31 heavy (non-hydrogen) atoms. The minimum Gasteiger partial charge on any atom is -0.479 e. The molecule has 6 heteroatoms. The van der Waals surface area contributed by atoms with Gasteiger partial charge in [0.15, 0.2) is 6.10 Å². The van der Waals surface area contributed by atoms with Crippen LogP contribution in [0.25, 0.3) is 33.3 Å². The predicted octanol–water partition coefficient (Wildman–Crippen LogP) is 5.66. The van der Waals surface area contributed by atoms with E-state index in [9.17, 15) is 9.59 Å². The highest BCUT2D eigenvalue weighted by Crippen LogP contribution is 2.33. The lowest BCUT2D eigenvalue weighted by molar-refractivity contribution is -0.150. The van der Waals surface area contributed by atoms with E-state index in [-0.39, 0.29) is 18.0 Å². The second kappa shape index (κ2) is 8.30. The largest absolute Gasteiger partial charge is 0.479 e. The quantitative estimate of drug-likeness (QED) is 0.375. The van der Waals surface area contributed by atoms with Crippen LogP contribution in [0.15, 0.2) is 62.4 Å². The number of furan rings is 1. The van der Waals surface area contributed by atoms with Crippen molar-refractivity contribution in [1.82, 2.24) is 0 Å². The van der Waals surface area contributed by atoms with Crippen molar-refractivity contribution in [1.29, 1.82) is 0 Å².